The van der Waals surface area contributed by atoms with Gasteiger partial charge >= 0.3 is 11.9 Å². The molecule has 1 aromatic heterocycles. The number of rotatable bonds is 7. The minimum atomic E-state index is -1.15. The Morgan fingerprint density at radius 1 is 1.18 bits per heavy atom. The maximum Gasteiger partial charge on any atom is 0.340 e. The summed E-state index contributed by atoms with van der Waals surface area (Å²) in [7, 11) is 1.31. The van der Waals surface area contributed by atoms with Gasteiger partial charge in [0, 0.05) is 5.69 Å². The number of carbonyl (C=O) groups is 3. The second-order valence-corrected chi connectivity index (χ2v) is 6.11. The van der Waals surface area contributed by atoms with Crippen molar-refractivity contribution >= 4 is 17.7 Å². The van der Waals surface area contributed by atoms with Crippen LogP contribution in [0.5, 0.6) is 5.75 Å². The van der Waals surface area contributed by atoms with Gasteiger partial charge in [0.15, 0.2) is 17.7 Å². The monoisotopic (exact) mass is 391 g/mol. The van der Waals surface area contributed by atoms with Gasteiger partial charge in [-0.1, -0.05) is 0 Å². The van der Waals surface area contributed by atoms with Crippen molar-refractivity contribution in [3.8, 4) is 5.75 Å². The summed E-state index contributed by atoms with van der Waals surface area (Å²) < 4.78 is 28.7. The normalized spacial score (nSPS) is 11.6. The van der Waals surface area contributed by atoms with E-state index in [-0.39, 0.29) is 29.2 Å². The minimum absolute atomic E-state index is 0.00958. The van der Waals surface area contributed by atoms with E-state index in [1.54, 1.807) is 20.8 Å². The van der Waals surface area contributed by atoms with Gasteiger partial charge in [-0.25, -0.2) is 14.0 Å². The summed E-state index contributed by atoms with van der Waals surface area (Å²) in [5, 5.41) is 0. The van der Waals surface area contributed by atoms with Crippen molar-refractivity contribution < 1.29 is 33.0 Å². The zero-order valence-corrected chi connectivity index (χ0v) is 16.3. The van der Waals surface area contributed by atoms with Crippen LogP contribution in [0.2, 0.25) is 0 Å². The van der Waals surface area contributed by atoms with Crippen LogP contribution in [0, 0.1) is 19.7 Å². The smallest absolute Gasteiger partial charge is 0.340 e. The van der Waals surface area contributed by atoms with E-state index in [1.165, 1.54) is 26.2 Å². The summed E-state index contributed by atoms with van der Waals surface area (Å²) in [6, 6.07) is 3.61. The number of H-pyrrole nitrogens is 1. The largest absolute Gasteiger partial charge is 0.494 e. The van der Waals surface area contributed by atoms with Crippen molar-refractivity contribution in [2.75, 3.05) is 13.7 Å². The molecule has 0 saturated carbocycles. The van der Waals surface area contributed by atoms with E-state index in [2.05, 4.69) is 4.98 Å². The zero-order chi connectivity index (χ0) is 21.0. The molecule has 0 saturated heterocycles. The lowest BCUT2D eigenvalue weighted by Crippen LogP contribution is -2.25. The Labute approximate surface area is 161 Å². The molecular weight excluding hydrogens is 369 g/mol. The van der Waals surface area contributed by atoms with Gasteiger partial charge in [0.05, 0.1) is 30.5 Å². The third kappa shape index (κ3) is 4.21. The molecule has 0 aliphatic carbocycles. The lowest BCUT2D eigenvalue weighted by molar-refractivity contribution is 0.0316. The van der Waals surface area contributed by atoms with E-state index in [1.807, 2.05) is 0 Å². The number of methoxy groups -OCH3 is 1. The molecule has 0 bridgehead atoms. The van der Waals surface area contributed by atoms with Crippen molar-refractivity contribution in [2.45, 2.75) is 33.8 Å². The van der Waals surface area contributed by atoms with Crippen LogP contribution in [0.1, 0.15) is 56.3 Å². The topological polar surface area (TPSA) is 94.7 Å². The predicted octanol–water partition coefficient (Wildman–Crippen LogP) is 3.38. The minimum Gasteiger partial charge on any atom is -0.494 e. The van der Waals surface area contributed by atoms with Gasteiger partial charge in [-0.2, -0.15) is 0 Å². The van der Waals surface area contributed by atoms with Crippen molar-refractivity contribution in [3.05, 3.63) is 52.1 Å². The highest BCUT2D eigenvalue weighted by Gasteiger charge is 2.28. The Kier molecular flexibility index (Phi) is 6.56. The molecule has 0 spiro atoms. The Balaban J connectivity index is 2.19. The summed E-state index contributed by atoms with van der Waals surface area (Å²) in [5.74, 6) is -2.63. The molecule has 1 aromatic carbocycles. The number of nitrogens with one attached hydrogen (secondary N) is 1. The van der Waals surface area contributed by atoms with E-state index in [0.717, 1.165) is 6.07 Å². The number of aryl methyl sites for hydroxylation is 1. The van der Waals surface area contributed by atoms with E-state index in [9.17, 15) is 18.8 Å². The molecule has 0 amide bonds. The van der Waals surface area contributed by atoms with E-state index in [0.29, 0.717) is 11.3 Å². The number of hydrogen-bond donors (Lipinski definition) is 1. The first-order valence-electron chi connectivity index (χ1n) is 8.66. The summed E-state index contributed by atoms with van der Waals surface area (Å²) >= 11 is 0. The molecule has 0 aliphatic rings. The summed E-state index contributed by atoms with van der Waals surface area (Å²) in [6.45, 7) is 6.55. The Bertz CT molecular complexity index is 918. The van der Waals surface area contributed by atoms with Gasteiger partial charge < -0.3 is 19.2 Å². The molecule has 1 heterocycles. The van der Waals surface area contributed by atoms with Crippen LogP contribution in [0.25, 0.3) is 0 Å². The number of ketones is 1. The third-order valence-corrected chi connectivity index (χ3v) is 4.20. The number of halogens is 1. The first-order chi connectivity index (χ1) is 13.2. The van der Waals surface area contributed by atoms with Gasteiger partial charge in [0.2, 0.25) is 5.78 Å². The van der Waals surface area contributed by atoms with E-state index < -0.39 is 29.6 Å². The lowest BCUT2D eigenvalue weighted by atomic mass is 10.1. The Hall–Kier alpha value is -3.16. The first kappa shape index (κ1) is 21.1. The number of esters is 2. The second-order valence-electron chi connectivity index (χ2n) is 6.11. The van der Waals surface area contributed by atoms with Crippen molar-refractivity contribution in [1.82, 2.24) is 4.98 Å². The first-order valence-corrected chi connectivity index (χ1v) is 8.66. The number of aromatic nitrogens is 1. The van der Waals surface area contributed by atoms with Crippen LogP contribution in [0.15, 0.2) is 18.2 Å². The molecule has 2 rings (SSSR count). The summed E-state index contributed by atoms with van der Waals surface area (Å²) in [6.07, 6.45) is -1.15. The quantitative estimate of drug-likeness (QED) is 0.574. The van der Waals surface area contributed by atoms with Gasteiger partial charge in [-0.15, -0.1) is 0 Å². The van der Waals surface area contributed by atoms with Crippen LogP contribution in [0.3, 0.4) is 0 Å². The molecule has 7 nitrogen and oxygen atoms in total. The lowest BCUT2D eigenvalue weighted by Gasteiger charge is -2.13. The molecule has 28 heavy (non-hydrogen) atoms. The molecular formula is C20H22FNO6. The molecule has 0 unspecified atom stereocenters. The van der Waals surface area contributed by atoms with E-state index in [4.69, 9.17) is 14.2 Å². The fourth-order valence-electron chi connectivity index (χ4n) is 2.78. The maximum atomic E-state index is 13.8. The second kappa shape index (κ2) is 8.69. The summed E-state index contributed by atoms with van der Waals surface area (Å²) in [4.78, 5) is 39.8. The van der Waals surface area contributed by atoms with Crippen LogP contribution >= 0.6 is 0 Å². The molecule has 0 radical (unpaired) electrons. The molecule has 150 valence electrons. The molecule has 8 heteroatoms. The van der Waals surface area contributed by atoms with Gasteiger partial charge in [-0.3, -0.25) is 4.79 Å². The number of Topliss-reactive ketones (excluding diaryl/α,β-unsaturated/α-hetero) is 1. The van der Waals surface area contributed by atoms with Gasteiger partial charge in [0.25, 0.3) is 0 Å². The highest BCUT2D eigenvalue weighted by molar-refractivity contribution is 6.04. The molecule has 1 atom stereocenters. The van der Waals surface area contributed by atoms with Crippen molar-refractivity contribution in [3.63, 3.8) is 0 Å². The standard InChI is InChI=1S/C20H22FNO6/c1-6-27-20(25)16-10(2)17(22-11(16)3)18(23)12(4)28-19(24)13-7-8-15(26-5)14(21)9-13/h7-9,12,22H,6H2,1-5H3/t12-/m1/s1. The Morgan fingerprint density at radius 3 is 2.43 bits per heavy atom. The maximum absolute atomic E-state index is 13.8. The fourth-order valence-corrected chi connectivity index (χ4v) is 2.78. The number of aromatic amines is 1. The van der Waals surface area contributed by atoms with Crippen LogP contribution in [0.4, 0.5) is 4.39 Å². The molecule has 2 aromatic rings. The van der Waals surface area contributed by atoms with Gasteiger partial charge in [-0.05, 0) is 51.5 Å². The zero-order valence-electron chi connectivity index (χ0n) is 16.3. The average Bonchev–Trinajstić information content (AvgIpc) is 2.95. The predicted molar refractivity (Wildman–Crippen MR) is 98.4 cm³/mol. The number of benzene rings is 1. The molecule has 0 aliphatic heterocycles. The van der Waals surface area contributed by atoms with Gasteiger partial charge in [0.1, 0.15) is 0 Å². The third-order valence-electron chi connectivity index (χ3n) is 4.20. The average molecular weight is 391 g/mol. The van der Waals surface area contributed by atoms with Crippen LogP contribution < -0.4 is 4.74 Å². The fraction of sp³-hybridized carbons (Fsp3) is 0.350. The van der Waals surface area contributed by atoms with Crippen LogP contribution in [-0.2, 0) is 9.47 Å². The Morgan fingerprint density at radius 2 is 1.86 bits per heavy atom. The number of ether oxygens (including phenoxy) is 3. The molecule has 1 N–H and O–H groups in total. The highest BCUT2D eigenvalue weighted by Crippen LogP contribution is 2.22. The highest BCUT2D eigenvalue weighted by atomic mass is 19.1. The molecule has 0 fully saturated rings. The SMILES string of the molecule is CCOC(=O)c1c(C)[nH]c(C(=O)[C@@H](C)OC(=O)c2ccc(OC)c(F)c2)c1C. The van der Waals surface area contributed by atoms with Crippen LogP contribution in [-0.4, -0.2) is 42.5 Å². The van der Waals surface area contributed by atoms with E-state index >= 15 is 0 Å². The van der Waals surface area contributed by atoms with Crippen molar-refractivity contribution in [1.29, 1.82) is 0 Å². The number of carbonyl (C=O) groups excluding carboxylic acids is 3. The van der Waals surface area contributed by atoms with Crippen molar-refractivity contribution in [2.24, 2.45) is 0 Å². The number of hydrogen-bond acceptors (Lipinski definition) is 6. The summed E-state index contributed by atoms with van der Waals surface area (Å²) in [5.41, 5.74) is 1.28.